The summed E-state index contributed by atoms with van der Waals surface area (Å²) in [4.78, 5) is 4.36. The van der Waals surface area contributed by atoms with Crippen LogP contribution in [0.1, 0.15) is 23.0 Å². The molecule has 2 N–H and O–H groups in total. The van der Waals surface area contributed by atoms with Gasteiger partial charge in [-0.25, -0.2) is 4.68 Å². The van der Waals surface area contributed by atoms with Crippen molar-refractivity contribution in [1.29, 1.82) is 0 Å². The Balaban J connectivity index is 2.02. The predicted octanol–water partition coefficient (Wildman–Crippen LogP) is 2.62. The van der Waals surface area contributed by atoms with Gasteiger partial charge >= 0.3 is 0 Å². The molecule has 2 heterocycles. The number of para-hydroxylation sites is 1. The van der Waals surface area contributed by atoms with Crippen molar-refractivity contribution in [3.63, 3.8) is 0 Å². The third kappa shape index (κ3) is 2.33. The standard InChI is InChI=1S/C16H16N4/c1-12-7-9-18-14(11-12)16(17)15-8-10-19-20(15)13-5-3-2-4-6-13/h2-11,16H,17H2,1H3. The monoisotopic (exact) mass is 264 g/mol. The summed E-state index contributed by atoms with van der Waals surface area (Å²) in [5.74, 6) is 0. The molecule has 4 nitrogen and oxygen atoms in total. The Morgan fingerprint density at radius 2 is 1.85 bits per heavy atom. The lowest BCUT2D eigenvalue weighted by Crippen LogP contribution is -2.18. The highest BCUT2D eigenvalue weighted by molar-refractivity contribution is 5.35. The van der Waals surface area contributed by atoms with E-state index in [1.54, 1.807) is 12.4 Å². The third-order valence-electron chi connectivity index (χ3n) is 3.25. The lowest BCUT2D eigenvalue weighted by molar-refractivity contribution is 0.722. The fraction of sp³-hybridized carbons (Fsp3) is 0.125. The number of benzene rings is 1. The van der Waals surface area contributed by atoms with Crippen molar-refractivity contribution in [3.8, 4) is 5.69 Å². The van der Waals surface area contributed by atoms with E-state index in [4.69, 9.17) is 5.73 Å². The van der Waals surface area contributed by atoms with E-state index in [2.05, 4.69) is 10.1 Å². The van der Waals surface area contributed by atoms with Crippen LogP contribution in [-0.4, -0.2) is 14.8 Å². The van der Waals surface area contributed by atoms with Crippen molar-refractivity contribution >= 4 is 0 Å². The number of aryl methyl sites for hydroxylation is 1. The van der Waals surface area contributed by atoms with Crippen LogP contribution in [0.2, 0.25) is 0 Å². The number of hydrogen-bond acceptors (Lipinski definition) is 3. The summed E-state index contributed by atoms with van der Waals surface area (Å²) in [6.45, 7) is 2.03. The summed E-state index contributed by atoms with van der Waals surface area (Å²) in [5, 5.41) is 4.36. The molecule has 1 unspecified atom stereocenters. The third-order valence-corrected chi connectivity index (χ3v) is 3.25. The maximum Gasteiger partial charge on any atom is 0.0901 e. The van der Waals surface area contributed by atoms with Crippen LogP contribution in [0.5, 0.6) is 0 Å². The smallest absolute Gasteiger partial charge is 0.0901 e. The van der Waals surface area contributed by atoms with Crippen molar-refractivity contribution in [1.82, 2.24) is 14.8 Å². The Morgan fingerprint density at radius 1 is 1.05 bits per heavy atom. The number of nitrogens with two attached hydrogens (primary N) is 1. The number of rotatable bonds is 3. The second kappa shape index (κ2) is 5.27. The van der Waals surface area contributed by atoms with Crippen LogP contribution in [0.3, 0.4) is 0 Å². The van der Waals surface area contributed by atoms with Crippen molar-refractivity contribution in [2.45, 2.75) is 13.0 Å². The van der Waals surface area contributed by atoms with E-state index >= 15 is 0 Å². The van der Waals surface area contributed by atoms with E-state index in [1.165, 1.54) is 0 Å². The highest BCUT2D eigenvalue weighted by Gasteiger charge is 2.16. The topological polar surface area (TPSA) is 56.7 Å². The lowest BCUT2D eigenvalue weighted by atomic mass is 10.1. The summed E-state index contributed by atoms with van der Waals surface area (Å²) in [6, 6.07) is 15.6. The van der Waals surface area contributed by atoms with Crippen LogP contribution < -0.4 is 5.73 Å². The molecule has 0 radical (unpaired) electrons. The molecule has 2 aromatic heterocycles. The van der Waals surface area contributed by atoms with Gasteiger partial charge in [0.05, 0.1) is 23.1 Å². The van der Waals surface area contributed by atoms with E-state index in [9.17, 15) is 0 Å². The molecule has 0 spiro atoms. The van der Waals surface area contributed by atoms with Gasteiger partial charge in [0.1, 0.15) is 0 Å². The molecule has 0 saturated carbocycles. The fourth-order valence-corrected chi connectivity index (χ4v) is 2.22. The Hall–Kier alpha value is -2.46. The van der Waals surface area contributed by atoms with Gasteiger partial charge in [-0.15, -0.1) is 0 Å². The highest BCUT2D eigenvalue weighted by atomic mass is 15.3. The minimum atomic E-state index is -0.294. The number of pyridine rings is 1. The van der Waals surface area contributed by atoms with Gasteiger partial charge in [-0.3, -0.25) is 4.98 Å². The second-order valence-corrected chi connectivity index (χ2v) is 4.74. The molecule has 0 saturated heterocycles. The quantitative estimate of drug-likeness (QED) is 0.791. The molecular formula is C16H16N4. The molecule has 4 heteroatoms. The van der Waals surface area contributed by atoms with Crippen LogP contribution in [-0.2, 0) is 0 Å². The summed E-state index contributed by atoms with van der Waals surface area (Å²) in [7, 11) is 0. The molecule has 100 valence electrons. The molecule has 0 aliphatic heterocycles. The van der Waals surface area contributed by atoms with Crippen LogP contribution in [0.15, 0.2) is 60.9 Å². The summed E-state index contributed by atoms with van der Waals surface area (Å²) < 4.78 is 1.86. The van der Waals surface area contributed by atoms with Gasteiger partial charge in [0.25, 0.3) is 0 Å². The Labute approximate surface area is 117 Å². The highest BCUT2D eigenvalue weighted by Crippen LogP contribution is 2.20. The first kappa shape index (κ1) is 12.6. The van der Waals surface area contributed by atoms with Crippen molar-refractivity contribution in [3.05, 3.63) is 77.9 Å². The van der Waals surface area contributed by atoms with Gasteiger partial charge in [0.15, 0.2) is 0 Å². The van der Waals surface area contributed by atoms with Crippen LogP contribution in [0, 0.1) is 6.92 Å². The molecule has 0 amide bonds. The Morgan fingerprint density at radius 3 is 2.60 bits per heavy atom. The summed E-state index contributed by atoms with van der Waals surface area (Å²) >= 11 is 0. The molecule has 1 aromatic carbocycles. The van der Waals surface area contributed by atoms with Gasteiger partial charge < -0.3 is 5.73 Å². The van der Waals surface area contributed by atoms with E-state index in [-0.39, 0.29) is 6.04 Å². The van der Waals surface area contributed by atoms with E-state index in [0.29, 0.717) is 0 Å². The van der Waals surface area contributed by atoms with E-state index in [1.807, 2.05) is 60.1 Å². The van der Waals surface area contributed by atoms with Crippen molar-refractivity contribution in [2.75, 3.05) is 0 Å². The molecule has 0 aliphatic rings. The molecular weight excluding hydrogens is 248 g/mol. The van der Waals surface area contributed by atoms with Crippen LogP contribution in [0.25, 0.3) is 5.69 Å². The van der Waals surface area contributed by atoms with Gasteiger partial charge in [-0.2, -0.15) is 5.10 Å². The van der Waals surface area contributed by atoms with Crippen LogP contribution >= 0.6 is 0 Å². The molecule has 20 heavy (non-hydrogen) atoms. The number of hydrogen-bond donors (Lipinski definition) is 1. The zero-order chi connectivity index (χ0) is 13.9. The molecule has 3 aromatic rings. The zero-order valence-electron chi connectivity index (χ0n) is 11.3. The van der Waals surface area contributed by atoms with Gasteiger partial charge in [-0.1, -0.05) is 18.2 Å². The average molecular weight is 264 g/mol. The molecule has 3 rings (SSSR count). The maximum absolute atomic E-state index is 6.34. The minimum absolute atomic E-state index is 0.294. The first-order valence-electron chi connectivity index (χ1n) is 6.53. The Bertz CT molecular complexity index is 703. The summed E-state index contributed by atoms with van der Waals surface area (Å²) in [6.07, 6.45) is 3.55. The van der Waals surface area contributed by atoms with Crippen molar-refractivity contribution in [2.24, 2.45) is 5.73 Å². The first-order valence-corrected chi connectivity index (χ1v) is 6.53. The molecule has 1 atom stereocenters. The maximum atomic E-state index is 6.34. The second-order valence-electron chi connectivity index (χ2n) is 4.74. The average Bonchev–Trinajstić information content (AvgIpc) is 2.97. The first-order chi connectivity index (χ1) is 9.75. The number of aromatic nitrogens is 3. The minimum Gasteiger partial charge on any atom is -0.318 e. The lowest BCUT2D eigenvalue weighted by Gasteiger charge is -2.14. The van der Waals surface area contributed by atoms with Gasteiger partial charge in [0.2, 0.25) is 0 Å². The van der Waals surface area contributed by atoms with E-state index < -0.39 is 0 Å². The zero-order valence-corrected chi connectivity index (χ0v) is 11.3. The Kier molecular flexibility index (Phi) is 3.31. The molecule has 0 bridgehead atoms. The van der Waals surface area contributed by atoms with Crippen molar-refractivity contribution < 1.29 is 0 Å². The molecule has 0 fully saturated rings. The van der Waals surface area contributed by atoms with Gasteiger partial charge in [0, 0.05) is 12.4 Å². The SMILES string of the molecule is Cc1ccnc(C(N)c2ccnn2-c2ccccc2)c1. The van der Waals surface area contributed by atoms with E-state index in [0.717, 1.165) is 22.6 Å². The molecule has 0 aliphatic carbocycles. The predicted molar refractivity (Wildman–Crippen MR) is 78.6 cm³/mol. The van der Waals surface area contributed by atoms with Crippen LogP contribution in [0.4, 0.5) is 0 Å². The largest absolute Gasteiger partial charge is 0.318 e. The normalized spacial score (nSPS) is 12.3. The fourth-order valence-electron chi connectivity index (χ4n) is 2.22. The van der Waals surface area contributed by atoms with Gasteiger partial charge in [-0.05, 0) is 42.8 Å². The summed E-state index contributed by atoms with van der Waals surface area (Å²) in [5.41, 5.74) is 10.3. The number of nitrogens with zero attached hydrogens (tertiary/aromatic N) is 3.